The first-order chi connectivity index (χ1) is 12.7. The number of carbonyl (C=O) groups excluding carboxylic acids is 1. The van der Waals surface area contributed by atoms with Crippen molar-refractivity contribution >= 4 is 5.97 Å². The fourth-order valence-electron chi connectivity index (χ4n) is 3.35. The quantitative estimate of drug-likeness (QED) is 0.716. The highest BCUT2D eigenvalue weighted by Gasteiger charge is 2.27. The molecule has 8 nitrogen and oxygen atoms in total. The Morgan fingerprint density at radius 2 is 2.04 bits per heavy atom. The number of ether oxygens (including phenoxy) is 1. The number of tetrazole rings is 1. The van der Waals surface area contributed by atoms with E-state index in [2.05, 4.69) is 20.8 Å². The second-order valence-corrected chi connectivity index (χ2v) is 6.62. The van der Waals surface area contributed by atoms with Crippen molar-refractivity contribution in [3.63, 3.8) is 0 Å². The van der Waals surface area contributed by atoms with Crippen LogP contribution in [0.1, 0.15) is 50.0 Å². The van der Waals surface area contributed by atoms with Crippen LogP contribution >= 0.6 is 0 Å². The standard InChI is InChI=1S/C18H26N6O2/c1-2-26-16(25)12-24-18(21-22-23-24)17(13-6-4-3-5-7-13)20-15-10-8-14(19)9-11-15/h3-7,14-15,17,20H,2,8-12,19H2,1H3. The Labute approximate surface area is 153 Å². The lowest BCUT2D eigenvalue weighted by molar-refractivity contribution is -0.144. The number of rotatable bonds is 7. The third-order valence-corrected chi connectivity index (χ3v) is 4.71. The van der Waals surface area contributed by atoms with Crippen molar-refractivity contribution in [2.24, 2.45) is 5.73 Å². The van der Waals surface area contributed by atoms with Crippen LogP contribution in [0.2, 0.25) is 0 Å². The van der Waals surface area contributed by atoms with Gasteiger partial charge in [-0.15, -0.1) is 5.10 Å². The van der Waals surface area contributed by atoms with Crippen LogP contribution in [0.5, 0.6) is 0 Å². The van der Waals surface area contributed by atoms with Crippen molar-refractivity contribution in [3.05, 3.63) is 41.7 Å². The summed E-state index contributed by atoms with van der Waals surface area (Å²) in [5, 5.41) is 15.6. The van der Waals surface area contributed by atoms with Gasteiger partial charge in [0.25, 0.3) is 0 Å². The molecule has 0 bridgehead atoms. The smallest absolute Gasteiger partial charge is 0.327 e. The van der Waals surface area contributed by atoms with Gasteiger partial charge in [-0.05, 0) is 48.6 Å². The molecule has 140 valence electrons. The number of carbonyl (C=O) groups is 1. The summed E-state index contributed by atoms with van der Waals surface area (Å²) >= 11 is 0. The first-order valence-corrected chi connectivity index (χ1v) is 9.15. The van der Waals surface area contributed by atoms with Crippen LogP contribution in [0, 0.1) is 0 Å². The second-order valence-electron chi connectivity index (χ2n) is 6.62. The minimum Gasteiger partial charge on any atom is -0.465 e. The molecule has 3 rings (SSSR count). The molecule has 1 atom stereocenters. The van der Waals surface area contributed by atoms with E-state index in [-0.39, 0.29) is 24.6 Å². The van der Waals surface area contributed by atoms with E-state index in [1.54, 1.807) is 6.92 Å². The monoisotopic (exact) mass is 358 g/mol. The highest BCUT2D eigenvalue weighted by Crippen LogP contribution is 2.25. The van der Waals surface area contributed by atoms with Gasteiger partial charge >= 0.3 is 5.97 Å². The van der Waals surface area contributed by atoms with E-state index >= 15 is 0 Å². The number of nitrogens with zero attached hydrogens (tertiary/aromatic N) is 4. The van der Waals surface area contributed by atoms with Crippen LogP contribution in [-0.4, -0.2) is 44.9 Å². The van der Waals surface area contributed by atoms with Gasteiger partial charge in [0.1, 0.15) is 6.54 Å². The number of hydrogen-bond acceptors (Lipinski definition) is 7. The fourth-order valence-corrected chi connectivity index (χ4v) is 3.35. The molecule has 0 aliphatic heterocycles. The van der Waals surface area contributed by atoms with Gasteiger partial charge in [0.05, 0.1) is 12.6 Å². The number of esters is 1. The molecule has 3 N–H and O–H groups in total. The van der Waals surface area contributed by atoms with E-state index in [0.717, 1.165) is 31.2 Å². The number of nitrogens with one attached hydrogen (secondary N) is 1. The minimum absolute atomic E-state index is 0.00325. The molecule has 1 saturated carbocycles. The molecule has 0 radical (unpaired) electrons. The van der Waals surface area contributed by atoms with Crippen LogP contribution in [0.4, 0.5) is 0 Å². The van der Waals surface area contributed by atoms with Crippen LogP contribution in [0.3, 0.4) is 0 Å². The van der Waals surface area contributed by atoms with E-state index < -0.39 is 0 Å². The summed E-state index contributed by atoms with van der Waals surface area (Å²) in [6, 6.07) is 10.5. The van der Waals surface area contributed by atoms with Gasteiger partial charge in [-0.3, -0.25) is 4.79 Å². The lowest BCUT2D eigenvalue weighted by atomic mass is 9.90. The maximum absolute atomic E-state index is 11.9. The lowest BCUT2D eigenvalue weighted by Crippen LogP contribution is -2.40. The van der Waals surface area contributed by atoms with Gasteiger partial charge in [-0.25, -0.2) is 4.68 Å². The third-order valence-electron chi connectivity index (χ3n) is 4.71. The Morgan fingerprint density at radius 3 is 2.73 bits per heavy atom. The summed E-state index contributed by atoms with van der Waals surface area (Å²) in [7, 11) is 0. The average Bonchev–Trinajstić information content (AvgIpc) is 3.10. The van der Waals surface area contributed by atoms with Crippen LogP contribution < -0.4 is 11.1 Å². The van der Waals surface area contributed by atoms with Gasteiger partial charge < -0.3 is 15.8 Å². The summed E-state index contributed by atoms with van der Waals surface area (Å²) in [4.78, 5) is 11.9. The molecule has 1 fully saturated rings. The zero-order valence-corrected chi connectivity index (χ0v) is 15.0. The molecule has 1 unspecified atom stereocenters. The van der Waals surface area contributed by atoms with Gasteiger partial charge in [0.15, 0.2) is 5.82 Å². The second kappa shape index (κ2) is 8.86. The van der Waals surface area contributed by atoms with Gasteiger partial charge in [0, 0.05) is 12.1 Å². The fraction of sp³-hybridized carbons (Fsp3) is 0.556. The number of aromatic nitrogens is 4. The van der Waals surface area contributed by atoms with Gasteiger partial charge in [-0.2, -0.15) is 0 Å². The molecule has 1 heterocycles. The highest BCUT2D eigenvalue weighted by molar-refractivity contribution is 5.69. The molecule has 0 amide bonds. The molecule has 8 heteroatoms. The number of benzene rings is 1. The van der Waals surface area contributed by atoms with Gasteiger partial charge in [-0.1, -0.05) is 30.3 Å². The summed E-state index contributed by atoms with van der Waals surface area (Å²) in [5.41, 5.74) is 7.08. The van der Waals surface area contributed by atoms with Crippen LogP contribution in [0.25, 0.3) is 0 Å². The third kappa shape index (κ3) is 4.64. The SMILES string of the molecule is CCOC(=O)Cn1nnnc1C(NC1CCC(N)CC1)c1ccccc1. The first-order valence-electron chi connectivity index (χ1n) is 9.15. The zero-order chi connectivity index (χ0) is 18.4. The molecule has 0 spiro atoms. The molecule has 1 aromatic heterocycles. The Balaban J connectivity index is 1.82. The van der Waals surface area contributed by atoms with Crippen molar-refractivity contribution in [1.29, 1.82) is 0 Å². The predicted octanol–water partition coefficient (Wildman–Crippen LogP) is 1.19. The van der Waals surface area contributed by atoms with Crippen molar-refractivity contribution in [1.82, 2.24) is 25.5 Å². The number of hydrogen-bond donors (Lipinski definition) is 2. The van der Waals surface area contributed by atoms with E-state index in [1.807, 2.05) is 30.3 Å². The maximum atomic E-state index is 11.9. The van der Waals surface area contributed by atoms with Crippen molar-refractivity contribution < 1.29 is 9.53 Å². The predicted molar refractivity (Wildman–Crippen MR) is 96.1 cm³/mol. The maximum Gasteiger partial charge on any atom is 0.327 e. The van der Waals surface area contributed by atoms with Crippen LogP contribution in [0.15, 0.2) is 30.3 Å². The Hall–Kier alpha value is -2.32. The summed E-state index contributed by atoms with van der Waals surface area (Å²) in [5.74, 6) is 0.260. The molecular weight excluding hydrogens is 332 g/mol. The summed E-state index contributed by atoms with van der Waals surface area (Å²) in [6.45, 7) is 2.11. The van der Waals surface area contributed by atoms with Gasteiger partial charge in [0.2, 0.25) is 0 Å². The van der Waals surface area contributed by atoms with E-state index in [0.29, 0.717) is 18.5 Å². The molecule has 26 heavy (non-hydrogen) atoms. The molecule has 1 aromatic carbocycles. The Morgan fingerprint density at radius 1 is 1.31 bits per heavy atom. The summed E-state index contributed by atoms with van der Waals surface area (Å²) < 4.78 is 6.54. The first kappa shape index (κ1) is 18.5. The van der Waals surface area contributed by atoms with E-state index in [4.69, 9.17) is 10.5 Å². The molecule has 2 aromatic rings. The molecular formula is C18H26N6O2. The number of nitrogens with two attached hydrogens (primary N) is 1. The van der Waals surface area contributed by atoms with E-state index in [1.165, 1.54) is 4.68 Å². The Bertz CT molecular complexity index is 697. The molecule has 1 aliphatic rings. The normalized spacial score (nSPS) is 21.3. The van der Waals surface area contributed by atoms with Crippen molar-refractivity contribution in [2.75, 3.05) is 6.61 Å². The largest absolute Gasteiger partial charge is 0.465 e. The molecule has 0 saturated heterocycles. The Kier molecular flexibility index (Phi) is 6.30. The average molecular weight is 358 g/mol. The van der Waals surface area contributed by atoms with Crippen LogP contribution in [-0.2, 0) is 16.1 Å². The lowest BCUT2D eigenvalue weighted by Gasteiger charge is -2.30. The van der Waals surface area contributed by atoms with E-state index in [9.17, 15) is 4.79 Å². The summed E-state index contributed by atoms with van der Waals surface area (Å²) in [6.07, 6.45) is 4.05. The molecule has 1 aliphatic carbocycles. The zero-order valence-electron chi connectivity index (χ0n) is 15.0. The van der Waals surface area contributed by atoms with Crippen molar-refractivity contribution in [3.8, 4) is 0 Å². The van der Waals surface area contributed by atoms with Crippen molar-refractivity contribution in [2.45, 2.75) is 57.3 Å². The minimum atomic E-state index is -0.350. The highest BCUT2D eigenvalue weighted by atomic mass is 16.5. The topological polar surface area (TPSA) is 108 Å².